The Bertz CT molecular complexity index is 1220. The molecule has 1 N–H and O–H groups in total. The molecular weight excluding hydrogens is 392 g/mol. The second-order valence-corrected chi connectivity index (χ2v) is 7.23. The molecule has 1 unspecified atom stereocenters. The first-order valence-corrected chi connectivity index (χ1v) is 10.1. The molecule has 6 nitrogen and oxygen atoms in total. The molecule has 150 valence electrons. The molecule has 0 spiro atoms. The Hall–Kier alpha value is -2.70. The lowest BCUT2D eigenvalue weighted by Gasteiger charge is -2.21. The topological polar surface area (TPSA) is 81.4 Å². The highest BCUT2D eigenvalue weighted by molar-refractivity contribution is 6.31. The molecule has 0 radical (unpaired) electrons. The second-order valence-electron chi connectivity index (χ2n) is 6.80. The van der Waals surface area contributed by atoms with Crippen LogP contribution in [0.2, 0.25) is 5.02 Å². The van der Waals surface area contributed by atoms with Gasteiger partial charge in [-0.3, -0.25) is 4.79 Å². The van der Waals surface area contributed by atoms with Crippen LogP contribution in [-0.2, 0) is 29.1 Å². The molecule has 1 aromatic carbocycles. The highest BCUT2D eigenvalue weighted by Gasteiger charge is 2.34. The van der Waals surface area contributed by atoms with Gasteiger partial charge in [-0.25, -0.2) is 9.78 Å². The number of halogens is 1. The van der Waals surface area contributed by atoms with Crippen molar-refractivity contribution >= 4 is 28.5 Å². The molecule has 5 rings (SSSR count). The highest BCUT2D eigenvalue weighted by atomic mass is 35.5. The van der Waals surface area contributed by atoms with Gasteiger partial charge >= 0.3 is 5.97 Å². The van der Waals surface area contributed by atoms with Crippen LogP contribution in [-0.4, -0.2) is 20.6 Å². The van der Waals surface area contributed by atoms with Crippen molar-refractivity contribution in [1.29, 1.82) is 0 Å². The summed E-state index contributed by atoms with van der Waals surface area (Å²) >= 11 is 6.17. The Morgan fingerprint density at radius 2 is 2.00 bits per heavy atom. The molecular formula is C22H21ClN2O4. The minimum atomic E-state index is -1.44. The molecule has 2 aliphatic heterocycles. The van der Waals surface area contributed by atoms with Gasteiger partial charge in [0, 0.05) is 21.5 Å². The summed E-state index contributed by atoms with van der Waals surface area (Å²) in [6.45, 7) is 6.34. The molecule has 0 aliphatic carbocycles. The molecule has 4 heterocycles. The molecule has 0 saturated carbocycles. The van der Waals surface area contributed by atoms with E-state index in [2.05, 4.69) is 6.92 Å². The van der Waals surface area contributed by atoms with Gasteiger partial charge in [0.1, 0.15) is 6.61 Å². The van der Waals surface area contributed by atoms with Gasteiger partial charge in [-0.05, 0) is 36.2 Å². The number of aliphatic hydroxyl groups excluding tert-OH is 1. The van der Waals surface area contributed by atoms with Gasteiger partial charge in [-0.15, -0.1) is 0 Å². The molecule has 3 aromatic rings. The van der Waals surface area contributed by atoms with Gasteiger partial charge < -0.3 is 14.4 Å². The Labute approximate surface area is 172 Å². The number of hydrogen-bond donors (Lipinski definition) is 1. The summed E-state index contributed by atoms with van der Waals surface area (Å²) in [4.78, 5) is 29.5. The van der Waals surface area contributed by atoms with E-state index in [9.17, 15) is 14.7 Å². The predicted molar refractivity (Wildman–Crippen MR) is 111 cm³/mol. The molecule has 2 aliphatic rings. The molecule has 2 aromatic heterocycles. The van der Waals surface area contributed by atoms with Crippen LogP contribution >= 0.6 is 11.6 Å². The zero-order valence-corrected chi connectivity index (χ0v) is 17.2. The van der Waals surface area contributed by atoms with Crippen LogP contribution < -0.4 is 5.56 Å². The van der Waals surface area contributed by atoms with E-state index < -0.39 is 12.1 Å². The van der Waals surface area contributed by atoms with Gasteiger partial charge in [0.25, 0.3) is 5.56 Å². The van der Waals surface area contributed by atoms with Gasteiger partial charge in [0.15, 0.2) is 6.10 Å². The minimum Gasteiger partial charge on any atom is -0.458 e. The summed E-state index contributed by atoms with van der Waals surface area (Å²) in [5.41, 5.74) is 4.60. The predicted octanol–water partition coefficient (Wildman–Crippen LogP) is 3.76. The number of aryl methyl sites for hydroxylation is 1. The van der Waals surface area contributed by atoms with Crippen molar-refractivity contribution in [3.8, 4) is 11.4 Å². The van der Waals surface area contributed by atoms with E-state index in [4.69, 9.17) is 21.3 Å². The first-order chi connectivity index (χ1) is 14.0. The number of cyclic esters (lactones) is 1. The lowest BCUT2D eigenvalue weighted by molar-refractivity contribution is -0.157. The first-order valence-electron chi connectivity index (χ1n) is 9.72. The smallest absolute Gasteiger partial charge is 0.340 e. The van der Waals surface area contributed by atoms with Gasteiger partial charge in [0.05, 0.1) is 29.0 Å². The number of hydrogen-bond acceptors (Lipinski definition) is 5. The van der Waals surface area contributed by atoms with Crippen molar-refractivity contribution in [3.63, 3.8) is 0 Å². The van der Waals surface area contributed by atoms with Crippen LogP contribution in [0, 0.1) is 0 Å². The summed E-state index contributed by atoms with van der Waals surface area (Å²) in [6.07, 6.45) is -0.671. The highest BCUT2D eigenvalue weighted by Crippen LogP contribution is 2.38. The maximum atomic E-state index is 13.0. The van der Waals surface area contributed by atoms with E-state index in [1.54, 1.807) is 16.7 Å². The normalized spacial score (nSPS) is 16.4. The Morgan fingerprint density at radius 1 is 1.24 bits per heavy atom. The van der Waals surface area contributed by atoms with Crippen LogP contribution in [0.15, 0.2) is 29.1 Å². The molecule has 29 heavy (non-hydrogen) atoms. The summed E-state index contributed by atoms with van der Waals surface area (Å²) < 4.78 is 6.56. The number of ether oxygens (including phenoxy) is 1. The monoisotopic (exact) mass is 412 g/mol. The fourth-order valence-electron chi connectivity index (χ4n) is 4.08. The average Bonchev–Trinajstić information content (AvgIpc) is 3.09. The van der Waals surface area contributed by atoms with E-state index in [0.717, 1.165) is 28.5 Å². The molecule has 0 saturated heterocycles. The number of nitrogens with zero attached hydrogens (tertiary/aromatic N) is 2. The number of rotatable bonds is 1. The van der Waals surface area contributed by atoms with E-state index in [1.165, 1.54) is 0 Å². The number of aromatic nitrogens is 2. The lowest BCUT2D eigenvalue weighted by Crippen LogP contribution is -2.32. The Kier molecular flexibility index (Phi) is 4.92. The minimum absolute atomic E-state index is 0.119. The third kappa shape index (κ3) is 2.86. The molecule has 0 amide bonds. The molecule has 0 bridgehead atoms. The standard InChI is InChI=1S/C20H15ClN2O4.C2H6/c1-2-10-11-5-9(21)3-4-15(11)22-17-13(10)7-23-16(17)6-12-14(19(23)25)8-27-20(26)18(12)24;1-2/h3-6,18,24H,2,7-8H2,1H3;1-2H3. The SMILES string of the molecule is CC.CCc1c2c(nc3ccc(Cl)cc13)-c1cc3c(c(=O)n1C2)COC(=O)C3O. The van der Waals surface area contributed by atoms with Crippen molar-refractivity contribution in [2.45, 2.75) is 46.4 Å². The lowest BCUT2D eigenvalue weighted by atomic mass is 9.97. The maximum Gasteiger partial charge on any atom is 0.340 e. The van der Waals surface area contributed by atoms with Gasteiger partial charge in [-0.2, -0.15) is 0 Å². The van der Waals surface area contributed by atoms with E-state index >= 15 is 0 Å². The summed E-state index contributed by atoms with van der Waals surface area (Å²) in [6, 6.07) is 7.25. The maximum absolute atomic E-state index is 13.0. The number of esters is 1. The number of benzene rings is 1. The van der Waals surface area contributed by atoms with E-state index in [-0.39, 0.29) is 12.2 Å². The van der Waals surface area contributed by atoms with Crippen molar-refractivity contribution in [2.75, 3.05) is 0 Å². The van der Waals surface area contributed by atoms with Crippen molar-refractivity contribution in [1.82, 2.24) is 9.55 Å². The zero-order chi connectivity index (χ0) is 20.9. The zero-order valence-electron chi connectivity index (χ0n) is 16.5. The third-order valence-corrected chi connectivity index (χ3v) is 5.62. The van der Waals surface area contributed by atoms with Crippen molar-refractivity contribution < 1.29 is 14.6 Å². The Morgan fingerprint density at radius 3 is 2.72 bits per heavy atom. The van der Waals surface area contributed by atoms with E-state index in [0.29, 0.717) is 34.1 Å². The first kappa shape index (κ1) is 19.6. The number of carbonyl (C=O) groups excluding carboxylic acids is 1. The second kappa shape index (κ2) is 7.28. The summed E-state index contributed by atoms with van der Waals surface area (Å²) in [5, 5.41) is 11.8. The van der Waals surface area contributed by atoms with E-state index in [1.807, 2.05) is 26.0 Å². The van der Waals surface area contributed by atoms with Crippen LogP contribution in [0.1, 0.15) is 49.1 Å². The molecule has 0 fully saturated rings. The number of aliphatic hydroxyl groups is 1. The number of fused-ring (bicyclic) bond motifs is 5. The van der Waals surface area contributed by atoms with Crippen molar-refractivity contribution in [2.24, 2.45) is 0 Å². The fourth-order valence-corrected chi connectivity index (χ4v) is 4.26. The van der Waals surface area contributed by atoms with Gasteiger partial charge in [0.2, 0.25) is 0 Å². The summed E-state index contributed by atoms with van der Waals surface area (Å²) in [7, 11) is 0. The largest absolute Gasteiger partial charge is 0.458 e. The number of carbonyl (C=O) groups is 1. The van der Waals surface area contributed by atoms with Crippen molar-refractivity contribution in [3.05, 3.63) is 61.9 Å². The Balaban J connectivity index is 0.000000994. The number of pyridine rings is 2. The summed E-state index contributed by atoms with van der Waals surface area (Å²) in [5.74, 6) is -0.736. The average molecular weight is 413 g/mol. The van der Waals surface area contributed by atoms with Crippen LogP contribution in [0.4, 0.5) is 0 Å². The van der Waals surface area contributed by atoms with Gasteiger partial charge in [-0.1, -0.05) is 32.4 Å². The third-order valence-electron chi connectivity index (χ3n) is 5.39. The quantitative estimate of drug-likeness (QED) is 0.481. The van der Waals surface area contributed by atoms with Crippen LogP contribution in [0.3, 0.4) is 0 Å². The van der Waals surface area contributed by atoms with Crippen LogP contribution in [0.5, 0.6) is 0 Å². The molecule has 1 atom stereocenters. The van der Waals surface area contributed by atoms with Crippen LogP contribution in [0.25, 0.3) is 22.3 Å². The fraction of sp³-hybridized carbons (Fsp3) is 0.318. The molecule has 7 heteroatoms.